The van der Waals surface area contributed by atoms with Gasteiger partial charge in [0.2, 0.25) is 0 Å². The van der Waals surface area contributed by atoms with E-state index >= 15 is 0 Å². The lowest BCUT2D eigenvalue weighted by atomic mass is 9.97. The molecule has 13 rings (SSSR count). The zero-order valence-corrected chi connectivity index (χ0v) is 33.3. The van der Waals surface area contributed by atoms with Crippen molar-refractivity contribution in [2.75, 3.05) is 4.90 Å². The molecule has 2 aromatic heterocycles. The number of anilines is 3. The molecular weight excluding hydrogens is 741 g/mol. The second-order valence-corrected chi connectivity index (χ2v) is 16.3. The van der Waals surface area contributed by atoms with Gasteiger partial charge in [-0.3, -0.25) is 0 Å². The van der Waals surface area contributed by atoms with Crippen LogP contribution in [-0.2, 0) is 6.42 Å². The third kappa shape index (κ3) is 5.17. The Kier molecular flexibility index (Phi) is 7.43. The maximum Gasteiger partial charge on any atom is 0.159 e. The molecule has 0 saturated carbocycles. The van der Waals surface area contributed by atoms with Crippen LogP contribution in [0.25, 0.3) is 99.9 Å². The number of para-hydroxylation sites is 2. The first-order valence-corrected chi connectivity index (χ1v) is 21.2. The second-order valence-electron chi connectivity index (χ2n) is 16.3. The second kappa shape index (κ2) is 13.3. The average Bonchev–Trinajstić information content (AvgIpc) is 3.99. The highest BCUT2D eigenvalue weighted by molar-refractivity contribution is 6.19. The summed E-state index contributed by atoms with van der Waals surface area (Å²) in [6, 6.07) is 70.8. The Balaban J connectivity index is 0.934. The number of nitrogens with zero attached hydrogens (tertiary/aromatic N) is 2. The van der Waals surface area contributed by atoms with Crippen LogP contribution in [-0.4, -0.2) is 4.57 Å². The molecule has 0 radical (unpaired) electrons. The minimum atomic E-state index is 0.915. The molecule has 9 aromatic carbocycles. The van der Waals surface area contributed by atoms with E-state index in [1.165, 1.54) is 77.4 Å². The summed E-state index contributed by atoms with van der Waals surface area (Å²) in [6.45, 7) is 0. The Morgan fingerprint density at radius 1 is 0.459 bits per heavy atom. The Labute approximate surface area is 353 Å². The summed E-state index contributed by atoms with van der Waals surface area (Å²) in [5.74, 6) is 0. The van der Waals surface area contributed by atoms with Crippen LogP contribution in [0.5, 0.6) is 0 Å². The van der Waals surface area contributed by atoms with E-state index in [0.29, 0.717) is 0 Å². The molecular formula is C58H38N2O. The van der Waals surface area contributed by atoms with Gasteiger partial charge in [-0.05, 0) is 129 Å². The first-order valence-electron chi connectivity index (χ1n) is 21.2. The topological polar surface area (TPSA) is 21.3 Å². The van der Waals surface area contributed by atoms with Crippen LogP contribution in [0.1, 0.15) is 17.7 Å². The van der Waals surface area contributed by atoms with Crippen LogP contribution in [0.3, 0.4) is 0 Å². The number of benzene rings is 9. The smallest absolute Gasteiger partial charge is 0.159 e. The summed E-state index contributed by atoms with van der Waals surface area (Å²) in [6.07, 6.45) is 6.64. The molecule has 2 aliphatic carbocycles. The number of fused-ring (bicyclic) bond motifs is 9. The molecule has 61 heavy (non-hydrogen) atoms. The number of aromatic nitrogens is 1. The summed E-state index contributed by atoms with van der Waals surface area (Å²) in [7, 11) is 0. The van der Waals surface area contributed by atoms with E-state index in [1.807, 2.05) is 6.07 Å². The quantitative estimate of drug-likeness (QED) is 0.168. The zero-order chi connectivity index (χ0) is 40.0. The molecule has 3 heteroatoms. The van der Waals surface area contributed by atoms with E-state index in [-0.39, 0.29) is 0 Å². The summed E-state index contributed by atoms with van der Waals surface area (Å²) < 4.78 is 8.98. The average molecular weight is 779 g/mol. The maximum atomic E-state index is 6.56. The van der Waals surface area contributed by atoms with Crippen molar-refractivity contribution < 1.29 is 4.42 Å². The van der Waals surface area contributed by atoms with Crippen LogP contribution in [0.4, 0.5) is 17.1 Å². The third-order valence-electron chi connectivity index (χ3n) is 13.0. The molecule has 0 saturated heterocycles. The van der Waals surface area contributed by atoms with E-state index in [9.17, 15) is 0 Å². The largest absolute Gasteiger partial charge is 0.454 e. The minimum Gasteiger partial charge on any atom is -0.454 e. The van der Waals surface area contributed by atoms with Crippen molar-refractivity contribution in [3.63, 3.8) is 0 Å². The van der Waals surface area contributed by atoms with Crippen molar-refractivity contribution in [3.8, 4) is 50.2 Å². The highest BCUT2D eigenvalue weighted by Crippen LogP contribution is 2.51. The van der Waals surface area contributed by atoms with Gasteiger partial charge in [-0.25, -0.2) is 0 Å². The van der Waals surface area contributed by atoms with Gasteiger partial charge in [-0.1, -0.05) is 146 Å². The van der Waals surface area contributed by atoms with Gasteiger partial charge >= 0.3 is 0 Å². The van der Waals surface area contributed by atoms with E-state index in [1.54, 1.807) is 0 Å². The van der Waals surface area contributed by atoms with Gasteiger partial charge in [-0.15, -0.1) is 0 Å². The van der Waals surface area contributed by atoms with E-state index in [0.717, 1.165) is 57.5 Å². The summed E-state index contributed by atoms with van der Waals surface area (Å²) in [5.41, 5.74) is 20.2. The Hall–Kier alpha value is -7.88. The number of allylic oxidation sites excluding steroid dienone is 1. The monoisotopic (exact) mass is 778 g/mol. The normalized spacial score (nSPS) is 12.7. The lowest BCUT2D eigenvalue weighted by Crippen LogP contribution is -2.10. The van der Waals surface area contributed by atoms with Gasteiger partial charge in [0.05, 0.1) is 16.9 Å². The van der Waals surface area contributed by atoms with Crippen LogP contribution in [0, 0.1) is 0 Å². The Morgan fingerprint density at radius 2 is 1.08 bits per heavy atom. The number of rotatable bonds is 6. The van der Waals surface area contributed by atoms with E-state index < -0.39 is 0 Å². The van der Waals surface area contributed by atoms with Crippen molar-refractivity contribution in [1.82, 2.24) is 4.57 Å². The van der Waals surface area contributed by atoms with Gasteiger partial charge in [-0.2, -0.15) is 0 Å². The number of aryl methyl sites for hydroxylation is 1. The van der Waals surface area contributed by atoms with Crippen molar-refractivity contribution >= 4 is 66.8 Å². The lowest BCUT2D eigenvalue weighted by Gasteiger charge is -2.27. The summed E-state index contributed by atoms with van der Waals surface area (Å²) >= 11 is 0. The summed E-state index contributed by atoms with van der Waals surface area (Å²) in [4.78, 5) is 2.43. The van der Waals surface area contributed by atoms with Gasteiger partial charge in [0.1, 0.15) is 5.58 Å². The SMILES string of the molecule is C1=Cc2c(c3cc(-c4ccc(N(c5ccc(-c6ccccc6)cc5)c5ccc6c7c(cccc57)-c5ccccc5-6)cc4)ccc3n2-c2cccc3c2oc2ccccc23)CC1. The number of hydrogen-bond acceptors (Lipinski definition) is 2. The predicted molar refractivity (Wildman–Crippen MR) is 255 cm³/mol. The van der Waals surface area contributed by atoms with Crippen LogP contribution >= 0.6 is 0 Å². The fourth-order valence-electron chi connectivity index (χ4n) is 10.2. The molecule has 286 valence electrons. The molecule has 0 atom stereocenters. The van der Waals surface area contributed by atoms with Crippen molar-refractivity contribution in [1.29, 1.82) is 0 Å². The molecule has 3 nitrogen and oxygen atoms in total. The Bertz CT molecular complexity index is 3540. The highest BCUT2D eigenvalue weighted by Gasteiger charge is 2.26. The first-order chi connectivity index (χ1) is 30.3. The maximum absolute atomic E-state index is 6.56. The molecule has 0 fully saturated rings. The van der Waals surface area contributed by atoms with Crippen molar-refractivity contribution in [3.05, 3.63) is 211 Å². The summed E-state index contributed by atoms with van der Waals surface area (Å²) in [5, 5.41) is 6.15. The van der Waals surface area contributed by atoms with Crippen LogP contribution in [0.15, 0.2) is 205 Å². The zero-order valence-electron chi connectivity index (χ0n) is 33.3. The van der Waals surface area contributed by atoms with E-state index in [4.69, 9.17) is 4.42 Å². The Morgan fingerprint density at radius 3 is 1.89 bits per heavy atom. The highest BCUT2D eigenvalue weighted by atomic mass is 16.3. The van der Waals surface area contributed by atoms with Gasteiger partial charge < -0.3 is 13.9 Å². The predicted octanol–water partition coefficient (Wildman–Crippen LogP) is 16.1. The molecule has 0 unspecified atom stereocenters. The number of hydrogen-bond donors (Lipinski definition) is 0. The molecule has 0 bridgehead atoms. The fourth-order valence-corrected chi connectivity index (χ4v) is 10.2. The van der Waals surface area contributed by atoms with Crippen LogP contribution < -0.4 is 4.90 Å². The molecule has 11 aromatic rings. The molecule has 0 spiro atoms. The van der Waals surface area contributed by atoms with E-state index in [2.05, 4.69) is 210 Å². The molecule has 0 N–H and O–H groups in total. The number of furan rings is 1. The lowest BCUT2D eigenvalue weighted by molar-refractivity contribution is 0.665. The standard InChI is InChI=1S/C58H38N2O/c1-2-12-37(13-3-1)38-24-29-41(30-25-38)59(53-35-33-48-44-15-5-4-14-43(44)47-18-10-20-50(53)57(47)48)42-31-26-39(27-32-42)40-28-34-54-51(36-40)45-16-6-8-21-52(45)60(54)55-22-11-19-49-46-17-7-9-23-56(46)61-58(49)55/h1-5,7-15,17-36H,6,16H2. The van der Waals surface area contributed by atoms with Gasteiger partial charge in [0, 0.05) is 38.6 Å². The third-order valence-corrected chi connectivity index (χ3v) is 13.0. The minimum absolute atomic E-state index is 0.915. The molecule has 0 aliphatic heterocycles. The van der Waals surface area contributed by atoms with Gasteiger partial charge in [0.15, 0.2) is 5.58 Å². The fraction of sp³-hybridized carbons (Fsp3) is 0.0345. The van der Waals surface area contributed by atoms with Crippen LogP contribution in [0.2, 0.25) is 0 Å². The van der Waals surface area contributed by atoms with Crippen molar-refractivity contribution in [2.45, 2.75) is 12.8 Å². The van der Waals surface area contributed by atoms with Gasteiger partial charge in [0.25, 0.3) is 0 Å². The molecule has 2 aliphatic rings. The molecule has 0 amide bonds. The molecule has 2 heterocycles. The van der Waals surface area contributed by atoms with Crippen molar-refractivity contribution in [2.24, 2.45) is 0 Å². The first kappa shape index (κ1) is 34.0.